The van der Waals surface area contributed by atoms with Crippen molar-refractivity contribution in [2.24, 2.45) is 10.9 Å². The lowest BCUT2D eigenvalue weighted by molar-refractivity contribution is 0.0971. The van der Waals surface area contributed by atoms with Crippen LogP contribution in [0.15, 0.2) is 11.2 Å². The second-order valence-electron chi connectivity index (χ2n) is 3.62. The van der Waals surface area contributed by atoms with Gasteiger partial charge < -0.3 is 20.4 Å². The van der Waals surface area contributed by atoms with Gasteiger partial charge in [-0.2, -0.15) is 4.98 Å². The van der Waals surface area contributed by atoms with Crippen LogP contribution in [0, 0.1) is 6.92 Å². The third-order valence-corrected chi connectivity index (χ3v) is 2.01. The van der Waals surface area contributed by atoms with Crippen LogP contribution in [0.5, 0.6) is 6.01 Å². The Balaban J connectivity index is 2.58. The van der Waals surface area contributed by atoms with E-state index in [1.165, 1.54) is 0 Å². The summed E-state index contributed by atoms with van der Waals surface area (Å²) in [7, 11) is 0. The van der Waals surface area contributed by atoms with E-state index in [1.54, 1.807) is 13.0 Å². The molecule has 0 radical (unpaired) electrons. The Bertz CT molecular complexity index is 409. The van der Waals surface area contributed by atoms with Crippen molar-refractivity contribution in [3.63, 3.8) is 0 Å². The third kappa shape index (κ3) is 4.54. The van der Waals surface area contributed by atoms with Crippen molar-refractivity contribution < 1.29 is 14.7 Å². The van der Waals surface area contributed by atoms with Crippen LogP contribution in [0.1, 0.15) is 24.7 Å². The summed E-state index contributed by atoms with van der Waals surface area (Å²) in [6, 6.07) is 1.80. The Morgan fingerprint density at radius 1 is 1.39 bits per heavy atom. The standard InChI is InChI=1S/C11H18N4O3/c1-3-4-17-5-6-18-11-13-8(2)7-9(14-11)10(12)15-16/h7,16H,3-6H2,1-2H3,(H2,12,15). The van der Waals surface area contributed by atoms with Gasteiger partial charge in [0.15, 0.2) is 5.84 Å². The molecular weight excluding hydrogens is 236 g/mol. The van der Waals surface area contributed by atoms with Gasteiger partial charge in [-0.3, -0.25) is 0 Å². The summed E-state index contributed by atoms with van der Waals surface area (Å²) < 4.78 is 10.6. The molecule has 0 aliphatic rings. The molecule has 0 saturated heterocycles. The maximum absolute atomic E-state index is 8.58. The van der Waals surface area contributed by atoms with Crippen LogP contribution >= 0.6 is 0 Å². The number of hydrogen-bond donors (Lipinski definition) is 2. The van der Waals surface area contributed by atoms with Crippen LogP contribution in [0.3, 0.4) is 0 Å². The minimum absolute atomic E-state index is 0.0763. The van der Waals surface area contributed by atoms with Gasteiger partial charge in [-0.15, -0.1) is 0 Å². The van der Waals surface area contributed by atoms with E-state index < -0.39 is 0 Å². The molecule has 0 unspecified atom stereocenters. The van der Waals surface area contributed by atoms with Gasteiger partial charge in [0.25, 0.3) is 0 Å². The molecule has 0 saturated carbocycles. The van der Waals surface area contributed by atoms with Crippen molar-refractivity contribution in [3.05, 3.63) is 17.5 Å². The zero-order valence-corrected chi connectivity index (χ0v) is 10.6. The summed E-state index contributed by atoms with van der Waals surface area (Å²) in [4.78, 5) is 8.10. The highest BCUT2D eigenvalue weighted by molar-refractivity contribution is 5.95. The van der Waals surface area contributed by atoms with Crippen molar-refractivity contribution >= 4 is 5.84 Å². The topological polar surface area (TPSA) is 103 Å². The number of rotatable bonds is 7. The molecule has 7 nitrogen and oxygen atoms in total. The van der Waals surface area contributed by atoms with E-state index in [2.05, 4.69) is 15.1 Å². The summed E-state index contributed by atoms with van der Waals surface area (Å²) in [5.74, 6) is -0.0763. The van der Waals surface area contributed by atoms with Crippen LogP contribution in [-0.2, 0) is 4.74 Å². The molecule has 1 rings (SSSR count). The molecule has 0 bridgehead atoms. The zero-order valence-electron chi connectivity index (χ0n) is 10.6. The molecular formula is C11H18N4O3. The predicted molar refractivity (Wildman–Crippen MR) is 65.9 cm³/mol. The first-order chi connectivity index (χ1) is 8.67. The average Bonchev–Trinajstić information content (AvgIpc) is 2.37. The summed E-state index contributed by atoms with van der Waals surface area (Å²) in [5.41, 5.74) is 6.46. The van der Waals surface area contributed by atoms with E-state index in [0.29, 0.717) is 31.2 Å². The van der Waals surface area contributed by atoms with Gasteiger partial charge in [0.1, 0.15) is 12.3 Å². The van der Waals surface area contributed by atoms with Crippen LogP contribution in [0.4, 0.5) is 0 Å². The van der Waals surface area contributed by atoms with Gasteiger partial charge in [0, 0.05) is 12.3 Å². The van der Waals surface area contributed by atoms with Gasteiger partial charge in [0.2, 0.25) is 0 Å². The second-order valence-corrected chi connectivity index (χ2v) is 3.62. The lowest BCUT2D eigenvalue weighted by Gasteiger charge is -2.07. The first-order valence-electron chi connectivity index (χ1n) is 5.71. The molecule has 3 N–H and O–H groups in total. The van der Waals surface area contributed by atoms with Crippen LogP contribution in [0.2, 0.25) is 0 Å². The number of aryl methyl sites for hydroxylation is 1. The SMILES string of the molecule is CCCOCCOc1nc(C)cc(/C(N)=N/O)n1. The highest BCUT2D eigenvalue weighted by Crippen LogP contribution is 2.06. The quantitative estimate of drug-likeness (QED) is 0.244. The van der Waals surface area contributed by atoms with E-state index >= 15 is 0 Å². The van der Waals surface area contributed by atoms with Gasteiger partial charge >= 0.3 is 6.01 Å². The number of amidine groups is 1. The van der Waals surface area contributed by atoms with Gasteiger partial charge in [-0.1, -0.05) is 12.1 Å². The summed E-state index contributed by atoms with van der Waals surface area (Å²) >= 11 is 0. The first-order valence-corrected chi connectivity index (χ1v) is 5.71. The Labute approximate surface area is 106 Å². The molecule has 0 atom stereocenters. The fraction of sp³-hybridized carbons (Fsp3) is 0.545. The maximum atomic E-state index is 8.58. The minimum atomic E-state index is -0.0763. The van der Waals surface area contributed by atoms with Gasteiger partial charge in [-0.25, -0.2) is 4.98 Å². The Kier molecular flexibility index (Phi) is 5.86. The fourth-order valence-corrected chi connectivity index (χ4v) is 1.23. The molecule has 0 aliphatic carbocycles. The van der Waals surface area contributed by atoms with E-state index in [4.69, 9.17) is 20.4 Å². The maximum Gasteiger partial charge on any atom is 0.317 e. The number of nitrogens with zero attached hydrogens (tertiary/aromatic N) is 3. The number of aromatic nitrogens is 2. The zero-order chi connectivity index (χ0) is 13.4. The van der Waals surface area contributed by atoms with Crippen molar-refractivity contribution in [2.75, 3.05) is 19.8 Å². The molecule has 7 heteroatoms. The van der Waals surface area contributed by atoms with E-state index in [-0.39, 0.29) is 11.8 Å². The third-order valence-electron chi connectivity index (χ3n) is 2.01. The first kappa shape index (κ1) is 14.2. The molecule has 18 heavy (non-hydrogen) atoms. The molecule has 1 heterocycles. The van der Waals surface area contributed by atoms with Crippen molar-refractivity contribution in [1.29, 1.82) is 0 Å². The van der Waals surface area contributed by atoms with Crippen LogP contribution < -0.4 is 10.5 Å². The largest absolute Gasteiger partial charge is 0.461 e. The van der Waals surface area contributed by atoms with Gasteiger partial charge in [0.05, 0.1) is 6.61 Å². The minimum Gasteiger partial charge on any atom is -0.461 e. The summed E-state index contributed by atoms with van der Waals surface area (Å²) in [5, 5.41) is 11.5. The molecule has 0 fully saturated rings. The monoisotopic (exact) mass is 254 g/mol. The summed E-state index contributed by atoms with van der Waals surface area (Å²) in [6.07, 6.45) is 0.967. The second kappa shape index (κ2) is 7.44. The Morgan fingerprint density at radius 2 is 2.17 bits per heavy atom. The molecule has 0 aromatic carbocycles. The number of hydrogen-bond acceptors (Lipinski definition) is 6. The van der Waals surface area contributed by atoms with Crippen LogP contribution in [0.25, 0.3) is 0 Å². The van der Waals surface area contributed by atoms with E-state index in [1.807, 2.05) is 6.92 Å². The molecule has 0 spiro atoms. The molecule has 100 valence electrons. The normalized spacial score (nSPS) is 11.6. The molecule has 0 amide bonds. The van der Waals surface area contributed by atoms with Crippen molar-refractivity contribution in [2.45, 2.75) is 20.3 Å². The number of oxime groups is 1. The predicted octanol–water partition coefficient (Wildman–Crippen LogP) is 0.685. The van der Waals surface area contributed by atoms with E-state index in [9.17, 15) is 0 Å². The van der Waals surface area contributed by atoms with E-state index in [0.717, 1.165) is 6.42 Å². The smallest absolute Gasteiger partial charge is 0.317 e. The fourth-order valence-electron chi connectivity index (χ4n) is 1.23. The van der Waals surface area contributed by atoms with Gasteiger partial charge in [-0.05, 0) is 19.4 Å². The van der Waals surface area contributed by atoms with Crippen LogP contribution in [-0.4, -0.2) is 40.8 Å². The average molecular weight is 254 g/mol. The lowest BCUT2D eigenvalue weighted by Crippen LogP contribution is -2.17. The highest BCUT2D eigenvalue weighted by atomic mass is 16.5. The number of ether oxygens (including phenoxy) is 2. The Morgan fingerprint density at radius 3 is 2.83 bits per heavy atom. The Hall–Kier alpha value is -1.89. The lowest BCUT2D eigenvalue weighted by atomic mass is 10.3. The molecule has 0 aliphatic heterocycles. The van der Waals surface area contributed by atoms with Crippen molar-refractivity contribution in [1.82, 2.24) is 9.97 Å². The van der Waals surface area contributed by atoms with Crippen molar-refractivity contribution in [3.8, 4) is 6.01 Å². The molecule has 1 aromatic heterocycles. The number of nitrogens with two attached hydrogens (primary N) is 1. The summed E-state index contributed by atoms with van der Waals surface area (Å²) in [6.45, 7) is 5.35. The molecule has 1 aromatic rings. The highest BCUT2D eigenvalue weighted by Gasteiger charge is 2.07.